The number of carboxylic acid groups (broad SMARTS) is 1. The van der Waals surface area contributed by atoms with Crippen LogP contribution >= 0.6 is 0 Å². The Morgan fingerprint density at radius 2 is 1.95 bits per heavy atom. The molecule has 0 unspecified atom stereocenters. The lowest BCUT2D eigenvalue weighted by molar-refractivity contribution is 0.0691. The molecule has 1 N–H and O–H groups in total. The van der Waals surface area contributed by atoms with Gasteiger partial charge in [0.25, 0.3) is 0 Å². The molecule has 3 aromatic rings. The molecule has 2 heterocycles. The molecule has 0 radical (unpaired) electrons. The van der Waals surface area contributed by atoms with Gasteiger partial charge in [-0.1, -0.05) is 30.3 Å². The van der Waals surface area contributed by atoms with Crippen molar-refractivity contribution >= 4 is 17.0 Å². The zero-order chi connectivity index (χ0) is 13.2. The first-order valence-electron chi connectivity index (χ1n) is 5.84. The number of aromatic carboxylic acids is 1. The van der Waals surface area contributed by atoms with Crippen LogP contribution in [0.3, 0.4) is 0 Å². The van der Waals surface area contributed by atoms with Gasteiger partial charge in [-0.2, -0.15) is 5.10 Å². The third-order valence-corrected chi connectivity index (χ3v) is 2.88. The first-order chi connectivity index (χ1) is 9.25. The van der Waals surface area contributed by atoms with E-state index in [1.165, 1.54) is 0 Å². The Balaban J connectivity index is 2.11. The summed E-state index contributed by atoms with van der Waals surface area (Å²) in [5.74, 6) is -1.04. The molecule has 3 rings (SSSR count). The van der Waals surface area contributed by atoms with Crippen LogP contribution in [0.15, 0.2) is 48.7 Å². The van der Waals surface area contributed by atoms with E-state index in [0.29, 0.717) is 17.6 Å². The van der Waals surface area contributed by atoms with Gasteiger partial charge in [-0.15, -0.1) is 0 Å². The van der Waals surface area contributed by atoms with Crippen LogP contribution in [0.25, 0.3) is 11.0 Å². The summed E-state index contributed by atoms with van der Waals surface area (Å²) in [5, 5.41) is 13.9. The molecule has 0 atom stereocenters. The van der Waals surface area contributed by atoms with Crippen molar-refractivity contribution in [1.29, 1.82) is 0 Å². The number of pyridine rings is 1. The lowest BCUT2D eigenvalue weighted by Gasteiger charge is -2.02. The van der Waals surface area contributed by atoms with Gasteiger partial charge in [0.05, 0.1) is 11.9 Å². The van der Waals surface area contributed by atoms with E-state index in [0.717, 1.165) is 5.56 Å². The molecule has 0 bridgehead atoms. The fourth-order valence-corrected chi connectivity index (χ4v) is 2.03. The van der Waals surface area contributed by atoms with Gasteiger partial charge in [0, 0.05) is 6.20 Å². The molecule has 0 fully saturated rings. The number of fused-ring (bicyclic) bond motifs is 1. The number of carboxylic acids is 1. The molecule has 0 aliphatic rings. The minimum atomic E-state index is -1.04. The quantitative estimate of drug-likeness (QED) is 0.776. The highest BCUT2D eigenvalue weighted by Gasteiger charge is 2.16. The smallest absolute Gasteiger partial charge is 0.357 e. The normalized spacial score (nSPS) is 10.7. The van der Waals surface area contributed by atoms with E-state index in [9.17, 15) is 4.79 Å². The second-order valence-electron chi connectivity index (χ2n) is 4.17. The van der Waals surface area contributed by atoms with E-state index in [2.05, 4.69) is 10.1 Å². The molecule has 2 aromatic heterocycles. The summed E-state index contributed by atoms with van der Waals surface area (Å²) in [7, 11) is 0. The lowest BCUT2D eigenvalue weighted by atomic mass is 10.2. The zero-order valence-electron chi connectivity index (χ0n) is 10.0. The number of aromatic nitrogens is 3. The number of rotatable bonds is 3. The predicted octanol–water partition coefficient (Wildman–Crippen LogP) is 2.18. The highest BCUT2D eigenvalue weighted by Crippen LogP contribution is 2.17. The average molecular weight is 253 g/mol. The first-order valence-corrected chi connectivity index (χ1v) is 5.84. The molecule has 0 spiro atoms. The summed E-state index contributed by atoms with van der Waals surface area (Å²) < 4.78 is 1.62. The fraction of sp³-hybridized carbons (Fsp3) is 0.0714. The van der Waals surface area contributed by atoms with Crippen LogP contribution in [0.1, 0.15) is 16.1 Å². The first kappa shape index (κ1) is 11.4. The molecule has 5 nitrogen and oxygen atoms in total. The second kappa shape index (κ2) is 4.53. The highest BCUT2D eigenvalue weighted by molar-refractivity contribution is 5.99. The molecule has 94 valence electrons. The van der Waals surface area contributed by atoms with Crippen LogP contribution in [0.5, 0.6) is 0 Å². The number of hydrogen-bond donors (Lipinski definition) is 1. The van der Waals surface area contributed by atoms with E-state index in [1.54, 1.807) is 23.0 Å². The van der Waals surface area contributed by atoms with Gasteiger partial charge < -0.3 is 5.11 Å². The van der Waals surface area contributed by atoms with Crippen LogP contribution in [0, 0.1) is 0 Å². The van der Waals surface area contributed by atoms with Crippen molar-refractivity contribution in [1.82, 2.24) is 14.8 Å². The highest BCUT2D eigenvalue weighted by atomic mass is 16.4. The average Bonchev–Trinajstić information content (AvgIpc) is 2.79. The van der Waals surface area contributed by atoms with Gasteiger partial charge in [-0.05, 0) is 17.7 Å². The zero-order valence-corrected chi connectivity index (χ0v) is 10.0. The van der Waals surface area contributed by atoms with Crippen LogP contribution < -0.4 is 0 Å². The van der Waals surface area contributed by atoms with E-state index in [1.807, 2.05) is 30.3 Å². The van der Waals surface area contributed by atoms with Gasteiger partial charge in [0.2, 0.25) is 0 Å². The molecule has 1 aromatic carbocycles. The second-order valence-corrected chi connectivity index (χ2v) is 4.17. The Bertz CT molecular complexity index is 735. The van der Waals surface area contributed by atoms with Crippen molar-refractivity contribution in [2.24, 2.45) is 0 Å². The van der Waals surface area contributed by atoms with Gasteiger partial charge in [-0.3, -0.25) is 0 Å². The van der Waals surface area contributed by atoms with Crippen LogP contribution in [0.2, 0.25) is 0 Å². The summed E-state index contributed by atoms with van der Waals surface area (Å²) >= 11 is 0. The van der Waals surface area contributed by atoms with Crippen molar-refractivity contribution in [3.8, 4) is 0 Å². The Kier molecular flexibility index (Phi) is 2.72. The van der Waals surface area contributed by atoms with Crippen LogP contribution in [0.4, 0.5) is 0 Å². The SMILES string of the molecule is O=C(O)c1nn(Cc2ccccc2)c2ncccc12. The maximum absolute atomic E-state index is 11.2. The lowest BCUT2D eigenvalue weighted by Crippen LogP contribution is -2.04. The number of nitrogens with zero attached hydrogens (tertiary/aromatic N) is 3. The van der Waals surface area contributed by atoms with Crippen LogP contribution in [-0.4, -0.2) is 25.8 Å². The van der Waals surface area contributed by atoms with E-state index in [-0.39, 0.29) is 5.69 Å². The van der Waals surface area contributed by atoms with Gasteiger partial charge in [0.15, 0.2) is 11.3 Å². The Morgan fingerprint density at radius 3 is 2.68 bits per heavy atom. The molecular weight excluding hydrogens is 242 g/mol. The molecule has 0 aliphatic heterocycles. The Morgan fingerprint density at radius 1 is 1.16 bits per heavy atom. The summed E-state index contributed by atoms with van der Waals surface area (Å²) in [6, 6.07) is 13.2. The van der Waals surface area contributed by atoms with Crippen molar-refractivity contribution in [2.45, 2.75) is 6.54 Å². The van der Waals surface area contributed by atoms with Crippen molar-refractivity contribution < 1.29 is 9.90 Å². The summed E-state index contributed by atoms with van der Waals surface area (Å²) in [6.45, 7) is 0.502. The predicted molar refractivity (Wildman–Crippen MR) is 70.0 cm³/mol. The van der Waals surface area contributed by atoms with Crippen LogP contribution in [-0.2, 0) is 6.54 Å². The minimum Gasteiger partial charge on any atom is -0.476 e. The topological polar surface area (TPSA) is 68.0 Å². The molecule has 0 saturated carbocycles. The number of benzene rings is 1. The molecular formula is C14H11N3O2. The minimum absolute atomic E-state index is 0.0408. The van der Waals surface area contributed by atoms with Crippen molar-refractivity contribution in [3.05, 3.63) is 59.9 Å². The van der Waals surface area contributed by atoms with E-state index >= 15 is 0 Å². The van der Waals surface area contributed by atoms with Gasteiger partial charge in [0.1, 0.15) is 0 Å². The van der Waals surface area contributed by atoms with E-state index < -0.39 is 5.97 Å². The maximum atomic E-state index is 11.2. The summed E-state index contributed by atoms with van der Waals surface area (Å²) in [6.07, 6.45) is 1.64. The van der Waals surface area contributed by atoms with Gasteiger partial charge >= 0.3 is 5.97 Å². The van der Waals surface area contributed by atoms with E-state index in [4.69, 9.17) is 5.11 Å². The monoisotopic (exact) mass is 253 g/mol. The number of carbonyl (C=O) groups is 1. The number of hydrogen-bond acceptors (Lipinski definition) is 3. The Hall–Kier alpha value is -2.69. The molecule has 19 heavy (non-hydrogen) atoms. The maximum Gasteiger partial charge on any atom is 0.357 e. The summed E-state index contributed by atoms with van der Waals surface area (Å²) in [4.78, 5) is 15.4. The molecule has 5 heteroatoms. The molecule has 0 saturated heterocycles. The third kappa shape index (κ3) is 2.06. The molecule has 0 aliphatic carbocycles. The largest absolute Gasteiger partial charge is 0.476 e. The standard InChI is InChI=1S/C14H11N3O2/c18-14(19)12-11-7-4-8-15-13(11)17(16-12)9-10-5-2-1-3-6-10/h1-8H,9H2,(H,18,19). The third-order valence-electron chi connectivity index (χ3n) is 2.88. The molecule has 0 amide bonds. The van der Waals surface area contributed by atoms with Crippen molar-refractivity contribution in [2.75, 3.05) is 0 Å². The van der Waals surface area contributed by atoms with Gasteiger partial charge in [-0.25, -0.2) is 14.5 Å². The van der Waals surface area contributed by atoms with Crippen molar-refractivity contribution in [3.63, 3.8) is 0 Å². The Labute approximate surface area is 109 Å². The fourth-order valence-electron chi connectivity index (χ4n) is 2.03. The summed E-state index contributed by atoms with van der Waals surface area (Å²) in [5.41, 5.74) is 1.68.